The molecular weight excluding hydrogens is 238 g/mol. The Balaban J connectivity index is 2.60. The van der Waals surface area contributed by atoms with Crippen molar-refractivity contribution in [2.24, 2.45) is 0 Å². The van der Waals surface area contributed by atoms with Gasteiger partial charge in [-0.15, -0.1) is 0 Å². The van der Waals surface area contributed by atoms with Crippen molar-refractivity contribution >= 4 is 18.3 Å². The summed E-state index contributed by atoms with van der Waals surface area (Å²) in [5.74, 6) is 0.683. The van der Waals surface area contributed by atoms with Crippen LogP contribution in [-0.2, 0) is 11.3 Å². The van der Waals surface area contributed by atoms with Gasteiger partial charge in [0, 0.05) is 25.4 Å². The molecule has 1 aromatic rings. The molecule has 1 heterocycles. The summed E-state index contributed by atoms with van der Waals surface area (Å²) in [5, 5.41) is 4.11. The molecule has 0 aliphatic heterocycles. The molecule has 0 unspecified atom stereocenters. The van der Waals surface area contributed by atoms with Crippen LogP contribution >= 0.6 is 12.6 Å². The van der Waals surface area contributed by atoms with Gasteiger partial charge in [0.25, 0.3) is 5.56 Å². The fourth-order valence-corrected chi connectivity index (χ4v) is 1.43. The largest absolute Gasteiger partial charge is 0.379 e. The molecule has 17 heavy (non-hydrogen) atoms. The van der Waals surface area contributed by atoms with E-state index in [1.165, 1.54) is 4.68 Å². The van der Waals surface area contributed by atoms with Crippen LogP contribution in [-0.4, -0.2) is 42.3 Å². The Morgan fingerprint density at radius 1 is 1.53 bits per heavy atom. The molecule has 0 N–H and O–H groups in total. The molecule has 6 heteroatoms. The van der Waals surface area contributed by atoms with E-state index in [-0.39, 0.29) is 5.56 Å². The maximum absolute atomic E-state index is 11.7. The van der Waals surface area contributed by atoms with E-state index in [1.807, 2.05) is 18.9 Å². The molecule has 0 aliphatic carbocycles. The van der Waals surface area contributed by atoms with Crippen molar-refractivity contribution in [2.45, 2.75) is 13.5 Å². The molecule has 0 spiro atoms. The highest BCUT2D eigenvalue weighted by atomic mass is 32.1. The average molecular weight is 257 g/mol. The van der Waals surface area contributed by atoms with Crippen LogP contribution in [0.1, 0.15) is 6.92 Å². The van der Waals surface area contributed by atoms with Crippen LogP contribution in [0.2, 0.25) is 0 Å². The highest BCUT2D eigenvalue weighted by molar-refractivity contribution is 7.80. The molecule has 5 nitrogen and oxygen atoms in total. The Morgan fingerprint density at radius 3 is 2.88 bits per heavy atom. The van der Waals surface area contributed by atoms with Crippen molar-refractivity contribution in [3.8, 4) is 0 Å². The molecule has 0 saturated carbocycles. The summed E-state index contributed by atoms with van der Waals surface area (Å²) in [6, 6.07) is 1.59. The molecule has 0 aromatic carbocycles. The van der Waals surface area contributed by atoms with Gasteiger partial charge in [-0.25, -0.2) is 4.68 Å². The zero-order valence-electron chi connectivity index (χ0n) is 10.3. The molecular formula is C11H19N3O2S. The lowest BCUT2D eigenvalue weighted by atomic mass is 10.4. The number of nitrogens with zero attached hydrogens (tertiary/aromatic N) is 3. The first-order chi connectivity index (χ1) is 8.19. The van der Waals surface area contributed by atoms with Crippen LogP contribution in [0.3, 0.4) is 0 Å². The van der Waals surface area contributed by atoms with Gasteiger partial charge in [-0.05, 0) is 6.92 Å². The lowest BCUT2D eigenvalue weighted by Crippen LogP contribution is -2.27. The summed E-state index contributed by atoms with van der Waals surface area (Å²) in [6.45, 7) is 4.42. The van der Waals surface area contributed by atoms with E-state index in [0.29, 0.717) is 25.5 Å². The molecule has 0 amide bonds. The number of thiol groups is 1. The van der Waals surface area contributed by atoms with Gasteiger partial charge < -0.3 is 9.64 Å². The molecule has 1 aromatic heterocycles. The molecule has 0 radical (unpaired) electrons. The van der Waals surface area contributed by atoms with Crippen molar-refractivity contribution in [2.75, 3.05) is 37.5 Å². The second kappa shape index (κ2) is 7.34. The number of aromatic nitrogens is 2. The maximum Gasteiger partial charge on any atom is 0.268 e. The molecule has 0 bridgehead atoms. The Morgan fingerprint density at radius 2 is 2.29 bits per heavy atom. The fraction of sp³-hybridized carbons (Fsp3) is 0.636. The fourth-order valence-electron chi connectivity index (χ4n) is 1.30. The molecule has 96 valence electrons. The number of hydrogen-bond acceptors (Lipinski definition) is 5. The zero-order valence-corrected chi connectivity index (χ0v) is 11.2. The van der Waals surface area contributed by atoms with Crippen LogP contribution in [0, 0.1) is 0 Å². The first kappa shape index (κ1) is 14.1. The zero-order chi connectivity index (χ0) is 12.7. The summed E-state index contributed by atoms with van der Waals surface area (Å²) in [5.41, 5.74) is 0.738. The van der Waals surface area contributed by atoms with Crippen molar-refractivity contribution < 1.29 is 4.74 Å². The Bertz CT molecular complexity index is 395. The minimum Gasteiger partial charge on any atom is -0.379 e. The van der Waals surface area contributed by atoms with Gasteiger partial charge in [0.1, 0.15) is 0 Å². The van der Waals surface area contributed by atoms with Crippen molar-refractivity contribution in [3.63, 3.8) is 0 Å². The van der Waals surface area contributed by atoms with Crippen LogP contribution in [0.4, 0.5) is 5.69 Å². The third-order valence-corrected chi connectivity index (χ3v) is 2.64. The first-order valence-electron chi connectivity index (χ1n) is 5.66. The summed E-state index contributed by atoms with van der Waals surface area (Å²) in [6.07, 6.45) is 1.70. The second-order valence-electron chi connectivity index (χ2n) is 3.63. The van der Waals surface area contributed by atoms with E-state index in [1.54, 1.807) is 12.3 Å². The third kappa shape index (κ3) is 4.40. The van der Waals surface area contributed by atoms with E-state index >= 15 is 0 Å². The van der Waals surface area contributed by atoms with Gasteiger partial charge in [-0.3, -0.25) is 4.79 Å². The Hall–Kier alpha value is -1.01. The minimum absolute atomic E-state index is 0.0997. The summed E-state index contributed by atoms with van der Waals surface area (Å²) < 4.78 is 6.66. The molecule has 1 rings (SSSR count). The highest BCUT2D eigenvalue weighted by Gasteiger charge is 2.02. The quantitative estimate of drug-likeness (QED) is 0.575. The van der Waals surface area contributed by atoms with E-state index in [4.69, 9.17) is 4.74 Å². The van der Waals surface area contributed by atoms with Crippen LogP contribution in [0.5, 0.6) is 0 Å². The predicted molar refractivity (Wildman–Crippen MR) is 72.1 cm³/mol. The SMILES string of the molecule is CCN(C)c1cnn(CCOCCS)c(=O)c1. The van der Waals surface area contributed by atoms with Crippen molar-refractivity contribution in [3.05, 3.63) is 22.6 Å². The molecule has 0 atom stereocenters. The van der Waals surface area contributed by atoms with Gasteiger partial charge >= 0.3 is 0 Å². The van der Waals surface area contributed by atoms with Gasteiger partial charge in [-0.1, -0.05) is 0 Å². The summed E-state index contributed by atoms with van der Waals surface area (Å²) in [7, 11) is 1.93. The van der Waals surface area contributed by atoms with Crippen LogP contribution < -0.4 is 10.5 Å². The topological polar surface area (TPSA) is 47.4 Å². The monoisotopic (exact) mass is 257 g/mol. The molecule has 0 fully saturated rings. The number of anilines is 1. The van der Waals surface area contributed by atoms with E-state index < -0.39 is 0 Å². The van der Waals surface area contributed by atoms with Gasteiger partial charge in [-0.2, -0.15) is 17.7 Å². The van der Waals surface area contributed by atoms with Crippen LogP contribution in [0.15, 0.2) is 17.1 Å². The minimum atomic E-state index is -0.0997. The summed E-state index contributed by atoms with van der Waals surface area (Å²) in [4.78, 5) is 13.7. The lowest BCUT2D eigenvalue weighted by molar-refractivity contribution is 0.137. The molecule has 0 saturated heterocycles. The van der Waals surface area contributed by atoms with Crippen molar-refractivity contribution in [1.82, 2.24) is 9.78 Å². The standard InChI is InChI=1S/C11H19N3O2S/c1-3-13(2)10-8-11(15)14(12-9-10)4-5-16-6-7-17/h8-9,17H,3-7H2,1-2H3. The van der Waals surface area contributed by atoms with E-state index in [9.17, 15) is 4.79 Å². The second-order valence-corrected chi connectivity index (χ2v) is 4.07. The van der Waals surface area contributed by atoms with Crippen LogP contribution in [0.25, 0.3) is 0 Å². The normalized spacial score (nSPS) is 10.5. The highest BCUT2D eigenvalue weighted by Crippen LogP contribution is 2.05. The number of hydrogen-bond donors (Lipinski definition) is 1. The smallest absolute Gasteiger partial charge is 0.268 e. The Kier molecular flexibility index (Phi) is 6.07. The molecule has 0 aliphatic rings. The van der Waals surface area contributed by atoms with E-state index in [2.05, 4.69) is 17.7 Å². The lowest BCUT2D eigenvalue weighted by Gasteiger charge is -2.16. The Labute approximate surface area is 107 Å². The number of ether oxygens (including phenoxy) is 1. The third-order valence-electron chi connectivity index (χ3n) is 2.45. The van der Waals surface area contributed by atoms with Gasteiger partial charge in [0.05, 0.1) is 31.6 Å². The maximum atomic E-state index is 11.7. The van der Waals surface area contributed by atoms with E-state index in [0.717, 1.165) is 12.2 Å². The van der Waals surface area contributed by atoms with Gasteiger partial charge in [0.2, 0.25) is 0 Å². The summed E-state index contributed by atoms with van der Waals surface area (Å²) >= 11 is 4.03. The van der Waals surface area contributed by atoms with Crippen molar-refractivity contribution in [1.29, 1.82) is 0 Å². The number of rotatable bonds is 7. The first-order valence-corrected chi connectivity index (χ1v) is 6.29. The van der Waals surface area contributed by atoms with Gasteiger partial charge in [0.15, 0.2) is 0 Å². The average Bonchev–Trinajstić information content (AvgIpc) is 2.35. The predicted octanol–water partition coefficient (Wildman–Crippen LogP) is 0.646.